The molecule has 3 amide bonds. The van der Waals surface area contributed by atoms with Gasteiger partial charge in [0.1, 0.15) is 11.3 Å². The van der Waals surface area contributed by atoms with Crippen LogP contribution in [-0.4, -0.2) is 34.7 Å². The van der Waals surface area contributed by atoms with Gasteiger partial charge in [0.25, 0.3) is 5.91 Å². The number of nitrogens with zero attached hydrogens (tertiary/aromatic N) is 1. The van der Waals surface area contributed by atoms with E-state index in [0.29, 0.717) is 25.8 Å². The van der Waals surface area contributed by atoms with Gasteiger partial charge in [-0.2, -0.15) is 0 Å². The Morgan fingerprint density at radius 2 is 1.95 bits per heavy atom. The highest BCUT2D eigenvalue weighted by Crippen LogP contribution is 2.23. The summed E-state index contributed by atoms with van der Waals surface area (Å²) in [5.74, 6) is 0.0127. The summed E-state index contributed by atoms with van der Waals surface area (Å²) in [6.45, 7) is 5.80. The van der Waals surface area contributed by atoms with Crippen LogP contribution in [0.15, 0.2) is 0 Å². The summed E-state index contributed by atoms with van der Waals surface area (Å²) in [4.78, 5) is 36.2. The molecular weight excluding hydrogens is 244 g/mol. The van der Waals surface area contributed by atoms with E-state index < -0.39 is 5.54 Å². The molecule has 1 fully saturated rings. The number of amides is 3. The highest BCUT2D eigenvalue weighted by Gasteiger charge is 2.46. The monoisotopic (exact) mass is 268 g/mol. The minimum Gasteiger partial charge on any atom is -0.323 e. The topological polar surface area (TPSA) is 66.5 Å². The van der Waals surface area contributed by atoms with Crippen molar-refractivity contribution in [3.63, 3.8) is 0 Å². The van der Waals surface area contributed by atoms with Crippen LogP contribution in [0, 0.1) is 0 Å². The number of rotatable bonds is 8. The molecule has 5 heteroatoms. The Kier molecular flexibility index (Phi) is 5.51. The third-order valence-electron chi connectivity index (χ3n) is 3.54. The fraction of sp³-hybridized carbons (Fsp3) is 0.786. The highest BCUT2D eigenvalue weighted by molar-refractivity contribution is 6.06. The van der Waals surface area contributed by atoms with E-state index in [0.717, 1.165) is 19.3 Å². The minimum absolute atomic E-state index is 0.131. The van der Waals surface area contributed by atoms with Crippen molar-refractivity contribution < 1.29 is 14.4 Å². The Morgan fingerprint density at radius 1 is 1.26 bits per heavy atom. The third-order valence-corrected chi connectivity index (χ3v) is 3.54. The Morgan fingerprint density at radius 3 is 2.53 bits per heavy atom. The summed E-state index contributed by atoms with van der Waals surface area (Å²) < 4.78 is 0. The molecule has 1 aliphatic rings. The lowest BCUT2D eigenvalue weighted by atomic mass is 9.95. The van der Waals surface area contributed by atoms with Gasteiger partial charge in [-0.15, -0.1) is 0 Å². The van der Waals surface area contributed by atoms with Crippen LogP contribution in [0.5, 0.6) is 0 Å². The Labute approximate surface area is 114 Å². The zero-order valence-corrected chi connectivity index (χ0v) is 12.1. The van der Waals surface area contributed by atoms with Gasteiger partial charge in [-0.25, -0.2) is 4.79 Å². The van der Waals surface area contributed by atoms with Crippen LogP contribution in [0.3, 0.4) is 0 Å². The number of hydrogen-bond donors (Lipinski definition) is 1. The second kappa shape index (κ2) is 6.68. The molecule has 0 aromatic rings. The number of carbonyl (C=O) groups excluding carboxylic acids is 3. The van der Waals surface area contributed by atoms with Gasteiger partial charge in [-0.05, 0) is 33.1 Å². The van der Waals surface area contributed by atoms with Crippen molar-refractivity contribution in [2.75, 3.05) is 6.54 Å². The fourth-order valence-electron chi connectivity index (χ4n) is 2.29. The summed E-state index contributed by atoms with van der Waals surface area (Å²) in [5, 5.41) is 2.79. The molecule has 0 radical (unpaired) electrons. The normalized spacial score (nSPS) is 22.8. The molecule has 5 nitrogen and oxygen atoms in total. The maximum absolute atomic E-state index is 12.2. The first-order valence-corrected chi connectivity index (χ1v) is 7.04. The second-order valence-corrected chi connectivity index (χ2v) is 5.48. The van der Waals surface area contributed by atoms with Crippen LogP contribution in [0.4, 0.5) is 4.79 Å². The van der Waals surface area contributed by atoms with Crippen molar-refractivity contribution in [1.82, 2.24) is 10.2 Å². The predicted molar refractivity (Wildman–Crippen MR) is 72.7 cm³/mol. The first-order chi connectivity index (χ1) is 8.90. The van der Waals surface area contributed by atoms with Crippen LogP contribution < -0.4 is 5.32 Å². The zero-order chi connectivity index (χ0) is 14.5. The summed E-state index contributed by atoms with van der Waals surface area (Å²) in [7, 11) is 0. The van der Waals surface area contributed by atoms with E-state index in [2.05, 4.69) is 12.2 Å². The summed E-state index contributed by atoms with van der Waals surface area (Å²) in [6, 6.07) is -0.300. The largest absolute Gasteiger partial charge is 0.325 e. The lowest BCUT2D eigenvalue weighted by Gasteiger charge is -2.21. The standard InChI is InChI=1S/C14H24N2O3/c1-4-5-9-14(3)12(18)16(13(19)15-14)10-7-6-8-11(2)17/h4-10H2,1-3H3,(H,15,19). The molecule has 1 rings (SSSR count). The molecule has 1 aliphatic heterocycles. The number of urea groups is 1. The minimum atomic E-state index is -0.742. The summed E-state index contributed by atoms with van der Waals surface area (Å²) >= 11 is 0. The first-order valence-electron chi connectivity index (χ1n) is 7.04. The average molecular weight is 268 g/mol. The number of carbonyl (C=O) groups is 3. The molecule has 0 aromatic heterocycles. The van der Waals surface area contributed by atoms with Gasteiger partial charge in [-0.3, -0.25) is 9.69 Å². The van der Waals surface area contributed by atoms with E-state index in [9.17, 15) is 14.4 Å². The number of hydrogen-bond acceptors (Lipinski definition) is 3. The van der Waals surface area contributed by atoms with E-state index in [1.54, 1.807) is 13.8 Å². The van der Waals surface area contributed by atoms with Gasteiger partial charge < -0.3 is 10.1 Å². The molecule has 0 bridgehead atoms. The molecule has 0 spiro atoms. The molecule has 108 valence electrons. The second-order valence-electron chi connectivity index (χ2n) is 5.48. The van der Waals surface area contributed by atoms with Gasteiger partial charge in [0.2, 0.25) is 0 Å². The number of nitrogens with one attached hydrogen (secondary N) is 1. The molecule has 1 N–H and O–H groups in total. The Balaban J connectivity index is 2.49. The van der Waals surface area contributed by atoms with Crippen molar-refractivity contribution in [2.45, 2.75) is 64.8 Å². The van der Waals surface area contributed by atoms with Crippen LogP contribution in [-0.2, 0) is 9.59 Å². The number of unbranched alkanes of at least 4 members (excludes halogenated alkanes) is 2. The van der Waals surface area contributed by atoms with Crippen molar-refractivity contribution in [1.29, 1.82) is 0 Å². The van der Waals surface area contributed by atoms with Crippen LogP contribution in [0.1, 0.15) is 59.3 Å². The molecule has 0 aromatic carbocycles. The lowest BCUT2D eigenvalue weighted by Crippen LogP contribution is -2.43. The molecular formula is C14H24N2O3. The van der Waals surface area contributed by atoms with Crippen molar-refractivity contribution in [3.05, 3.63) is 0 Å². The Bertz CT molecular complexity index is 368. The van der Waals surface area contributed by atoms with Crippen LogP contribution >= 0.6 is 0 Å². The van der Waals surface area contributed by atoms with E-state index in [1.807, 2.05) is 0 Å². The highest BCUT2D eigenvalue weighted by atomic mass is 16.2. The van der Waals surface area contributed by atoms with Crippen LogP contribution in [0.2, 0.25) is 0 Å². The number of Topliss-reactive ketones (excluding diaryl/α,β-unsaturated/α-hetero) is 1. The molecule has 1 unspecified atom stereocenters. The number of imide groups is 1. The molecule has 19 heavy (non-hydrogen) atoms. The van der Waals surface area contributed by atoms with Crippen molar-refractivity contribution in [3.8, 4) is 0 Å². The third kappa shape index (κ3) is 4.04. The summed E-state index contributed by atoms with van der Waals surface area (Å²) in [6.07, 6.45) is 4.51. The number of ketones is 1. The molecule has 0 aliphatic carbocycles. The maximum atomic E-state index is 12.2. The van der Waals surface area contributed by atoms with Gasteiger partial charge in [0.05, 0.1) is 0 Å². The molecule has 1 saturated heterocycles. The lowest BCUT2D eigenvalue weighted by molar-refractivity contribution is -0.131. The Hall–Kier alpha value is -1.39. The zero-order valence-electron chi connectivity index (χ0n) is 12.1. The van der Waals surface area contributed by atoms with Gasteiger partial charge in [-0.1, -0.05) is 19.8 Å². The molecule has 1 heterocycles. The maximum Gasteiger partial charge on any atom is 0.325 e. The van der Waals surface area contributed by atoms with E-state index in [4.69, 9.17) is 0 Å². The molecule has 1 atom stereocenters. The SMILES string of the molecule is CCCCC1(C)NC(=O)N(CCCCC(C)=O)C1=O. The van der Waals surface area contributed by atoms with E-state index in [1.165, 1.54) is 4.90 Å². The van der Waals surface area contributed by atoms with Crippen molar-refractivity contribution >= 4 is 17.7 Å². The van der Waals surface area contributed by atoms with Gasteiger partial charge in [0.15, 0.2) is 0 Å². The molecule has 0 saturated carbocycles. The predicted octanol–water partition coefficient (Wildman–Crippen LogP) is 2.25. The van der Waals surface area contributed by atoms with E-state index >= 15 is 0 Å². The smallest absolute Gasteiger partial charge is 0.323 e. The summed E-state index contributed by atoms with van der Waals surface area (Å²) in [5.41, 5.74) is -0.742. The fourth-order valence-corrected chi connectivity index (χ4v) is 2.29. The quantitative estimate of drug-likeness (QED) is 0.542. The van der Waals surface area contributed by atoms with Crippen molar-refractivity contribution in [2.24, 2.45) is 0 Å². The van der Waals surface area contributed by atoms with Gasteiger partial charge in [0, 0.05) is 13.0 Å². The van der Waals surface area contributed by atoms with E-state index in [-0.39, 0.29) is 17.7 Å². The van der Waals surface area contributed by atoms with Gasteiger partial charge >= 0.3 is 6.03 Å². The van der Waals surface area contributed by atoms with Crippen LogP contribution in [0.25, 0.3) is 0 Å². The average Bonchev–Trinajstić information content (AvgIpc) is 2.55. The first kappa shape index (κ1) is 15.7.